The van der Waals surface area contributed by atoms with Crippen molar-refractivity contribution in [3.05, 3.63) is 53.6 Å². The summed E-state index contributed by atoms with van der Waals surface area (Å²) in [6.07, 6.45) is 7.84. The van der Waals surface area contributed by atoms with Crippen LogP contribution in [0.15, 0.2) is 42.5 Å². The number of amides is 1. The Morgan fingerprint density at radius 1 is 1.03 bits per heavy atom. The van der Waals surface area contributed by atoms with Crippen molar-refractivity contribution in [2.24, 2.45) is 5.92 Å². The molecule has 206 valence electrons. The normalized spacial score (nSPS) is 23.2. The largest absolute Gasteiger partial charge is 0.493 e. The van der Waals surface area contributed by atoms with Crippen LogP contribution in [-0.2, 0) is 4.79 Å². The lowest BCUT2D eigenvalue weighted by molar-refractivity contribution is -0.150. The van der Waals surface area contributed by atoms with Gasteiger partial charge in [0, 0.05) is 37.3 Å². The van der Waals surface area contributed by atoms with Gasteiger partial charge in [-0.25, -0.2) is 0 Å². The van der Waals surface area contributed by atoms with Crippen LogP contribution in [0.1, 0.15) is 63.1 Å². The van der Waals surface area contributed by atoms with Crippen molar-refractivity contribution in [1.82, 2.24) is 4.90 Å². The predicted molar refractivity (Wildman–Crippen MR) is 151 cm³/mol. The van der Waals surface area contributed by atoms with Gasteiger partial charge in [0.2, 0.25) is 11.7 Å². The third-order valence-electron chi connectivity index (χ3n) is 8.32. The molecule has 4 rings (SSSR count). The molecule has 0 radical (unpaired) electrons. The first-order chi connectivity index (χ1) is 18.4. The summed E-state index contributed by atoms with van der Waals surface area (Å²) in [5.74, 6) is 1.54. The van der Waals surface area contributed by atoms with E-state index in [1.165, 1.54) is 5.69 Å². The van der Waals surface area contributed by atoms with Gasteiger partial charge in [-0.15, -0.1) is 0 Å². The van der Waals surface area contributed by atoms with E-state index in [4.69, 9.17) is 14.2 Å². The number of hydrogen-bond donors (Lipinski definition) is 1. The molecule has 2 aliphatic rings. The van der Waals surface area contributed by atoms with E-state index in [-0.39, 0.29) is 17.9 Å². The summed E-state index contributed by atoms with van der Waals surface area (Å²) in [5, 5.41) is 11.6. The Hall–Kier alpha value is -3.19. The highest BCUT2D eigenvalue weighted by Crippen LogP contribution is 2.49. The molecule has 1 aliphatic heterocycles. The minimum absolute atomic E-state index is 0.0165. The molecule has 1 N–H and O–H groups in total. The lowest BCUT2D eigenvalue weighted by Gasteiger charge is -2.52. The zero-order chi connectivity index (χ0) is 27.3. The van der Waals surface area contributed by atoms with Crippen molar-refractivity contribution in [1.29, 1.82) is 0 Å². The molecule has 7 nitrogen and oxygen atoms in total. The fourth-order valence-electron chi connectivity index (χ4n) is 6.27. The van der Waals surface area contributed by atoms with E-state index in [2.05, 4.69) is 43.0 Å². The first kappa shape index (κ1) is 27.8. The number of ether oxygens (including phenoxy) is 3. The zero-order valence-corrected chi connectivity index (χ0v) is 23.4. The molecule has 1 aliphatic carbocycles. The Bertz CT molecular complexity index is 1100. The molecular weight excluding hydrogens is 480 g/mol. The summed E-state index contributed by atoms with van der Waals surface area (Å²) in [6.45, 7) is 6.71. The lowest BCUT2D eigenvalue weighted by atomic mass is 9.66. The minimum atomic E-state index is -0.725. The Morgan fingerprint density at radius 2 is 1.68 bits per heavy atom. The van der Waals surface area contributed by atoms with E-state index < -0.39 is 5.60 Å². The lowest BCUT2D eigenvalue weighted by Crippen LogP contribution is -2.56. The number of nitrogens with zero attached hydrogens (tertiary/aromatic N) is 2. The second-order valence-electron chi connectivity index (χ2n) is 10.2. The molecule has 1 amide bonds. The number of rotatable bonds is 9. The van der Waals surface area contributed by atoms with Crippen molar-refractivity contribution >= 4 is 17.7 Å². The second kappa shape index (κ2) is 12.1. The van der Waals surface area contributed by atoms with E-state index in [1.54, 1.807) is 33.5 Å². The Labute approximate surface area is 227 Å². The highest BCUT2D eigenvalue weighted by molar-refractivity contribution is 5.92. The smallest absolute Gasteiger partial charge is 0.247 e. The average Bonchev–Trinajstić information content (AvgIpc) is 2.95. The molecule has 3 atom stereocenters. The van der Waals surface area contributed by atoms with Crippen LogP contribution in [0, 0.1) is 5.92 Å². The summed E-state index contributed by atoms with van der Waals surface area (Å²) >= 11 is 0. The van der Waals surface area contributed by atoms with Gasteiger partial charge in [-0.3, -0.25) is 4.79 Å². The van der Waals surface area contributed by atoms with Gasteiger partial charge in [-0.05, 0) is 74.6 Å². The van der Waals surface area contributed by atoms with Gasteiger partial charge >= 0.3 is 0 Å². The quantitative estimate of drug-likeness (QED) is 0.441. The van der Waals surface area contributed by atoms with Crippen LogP contribution < -0.4 is 19.1 Å². The van der Waals surface area contributed by atoms with Crippen LogP contribution in [0.2, 0.25) is 0 Å². The molecule has 1 heterocycles. The Balaban J connectivity index is 1.65. The van der Waals surface area contributed by atoms with Crippen LogP contribution in [0.5, 0.6) is 17.2 Å². The summed E-state index contributed by atoms with van der Waals surface area (Å²) < 4.78 is 16.3. The van der Waals surface area contributed by atoms with Gasteiger partial charge in [0.1, 0.15) is 0 Å². The van der Waals surface area contributed by atoms with Crippen molar-refractivity contribution in [3.8, 4) is 17.2 Å². The molecule has 7 heteroatoms. The van der Waals surface area contributed by atoms with E-state index in [0.29, 0.717) is 30.2 Å². The number of anilines is 1. The maximum Gasteiger partial charge on any atom is 0.247 e. The maximum atomic E-state index is 13.7. The molecule has 0 aromatic heterocycles. The highest BCUT2D eigenvalue weighted by Gasteiger charge is 2.49. The summed E-state index contributed by atoms with van der Waals surface area (Å²) in [5.41, 5.74) is 2.31. The van der Waals surface area contributed by atoms with E-state index in [9.17, 15) is 9.90 Å². The Kier molecular flexibility index (Phi) is 8.87. The Morgan fingerprint density at radius 3 is 2.26 bits per heavy atom. The SMILES string of the molecule is CCN(CC)c1ccc(C2C3CCCCC3(O)CCN2C(=O)C=Cc2cc(OC)c(OC)c(OC)c2)cc1. The molecule has 2 fully saturated rings. The molecule has 0 bridgehead atoms. The molecule has 38 heavy (non-hydrogen) atoms. The maximum absolute atomic E-state index is 13.7. The fourth-order valence-corrected chi connectivity index (χ4v) is 6.27. The molecular formula is C31H42N2O5. The number of benzene rings is 2. The molecule has 2 aromatic rings. The number of hydrogen-bond acceptors (Lipinski definition) is 6. The highest BCUT2D eigenvalue weighted by atomic mass is 16.5. The van der Waals surface area contributed by atoms with Crippen LogP contribution in [0.3, 0.4) is 0 Å². The molecule has 0 spiro atoms. The number of likely N-dealkylation sites (tertiary alicyclic amines) is 1. The van der Waals surface area contributed by atoms with E-state index in [0.717, 1.165) is 49.9 Å². The standard InChI is InChI=1S/C31H42N2O5/c1-6-32(7-2)24-14-12-23(13-15-24)29-25-10-8-9-17-31(25,35)18-19-33(29)28(34)16-11-22-20-26(36-3)30(38-5)27(21-22)37-4/h11-16,20-21,25,29,35H,6-10,17-19H2,1-5H3. The van der Waals surface area contributed by atoms with Crippen molar-refractivity contribution < 1.29 is 24.1 Å². The first-order valence-electron chi connectivity index (χ1n) is 13.7. The number of aliphatic hydroxyl groups is 1. The third kappa shape index (κ3) is 5.48. The average molecular weight is 523 g/mol. The molecule has 1 saturated carbocycles. The number of carbonyl (C=O) groups excluding carboxylic acids is 1. The number of fused-ring (bicyclic) bond motifs is 1. The van der Waals surface area contributed by atoms with E-state index in [1.807, 2.05) is 17.0 Å². The number of piperidine rings is 1. The number of methoxy groups -OCH3 is 3. The first-order valence-corrected chi connectivity index (χ1v) is 13.7. The van der Waals surface area contributed by atoms with Crippen LogP contribution in [0.4, 0.5) is 5.69 Å². The third-order valence-corrected chi connectivity index (χ3v) is 8.32. The molecule has 3 unspecified atom stereocenters. The van der Waals surface area contributed by atoms with Gasteiger partial charge in [-0.1, -0.05) is 25.0 Å². The second-order valence-corrected chi connectivity index (χ2v) is 10.2. The van der Waals surface area contributed by atoms with Crippen molar-refractivity contribution in [2.45, 2.75) is 57.6 Å². The van der Waals surface area contributed by atoms with Crippen LogP contribution in [-0.4, -0.2) is 62.5 Å². The number of carbonyl (C=O) groups is 1. The molecule has 2 aromatic carbocycles. The van der Waals surface area contributed by atoms with Crippen molar-refractivity contribution in [3.63, 3.8) is 0 Å². The van der Waals surface area contributed by atoms with Gasteiger partial charge in [0.25, 0.3) is 0 Å². The summed E-state index contributed by atoms with van der Waals surface area (Å²) in [6, 6.07) is 12.1. The topological polar surface area (TPSA) is 71.5 Å². The minimum Gasteiger partial charge on any atom is -0.493 e. The zero-order valence-electron chi connectivity index (χ0n) is 23.4. The van der Waals surface area contributed by atoms with E-state index >= 15 is 0 Å². The van der Waals surface area contributed by atoms with Crippen molar-refractivity contribution in [2.75, 3.05) is 45.9 Å². The summed E-state index contributed by atoms with van der Waals surface area (Å²) in [7, 11) is 4.72. The van der Waals surface area contributed by atoms with Gasteiger partial charge < -0.3 is 29.1 Å². The van der Waals surface area contributed by atoms with Crippen LogP contribution in [0.25, 0.3) is 6.08 Å². The predicted octanol–water partition coefficient (Wildman–Crippen LogP) is 5.47. The van der Waals surface area contributed by atoms with Gasteiger partial charge in [0.15, 0.2) is 11.5 Å². The molecule has 1 saturated heterocycles. The monoisotopic (exact) mass is 522 g/mol. The van der Waals surface area contributed by atoms with Crippen LogP contribution >= 0.6 is 0 Å². The van der Waals surface area contributed by atoms with Gasteiger partial charge in [-0.2, -0.15) is 0 Å². The fraction of sp³-hybridized carbons (Fsp3) is 0.516. The summed E-state index contributed by atoms with van der Waals surface area (Å²) in [4.78, 5) is 18.0. The van der Waals surface area contributed by atoms with Gasteiger partial charge in [0.05, 0.1) is 33.0 Å².